The minimum absolute atomic E-state index is 0.548. The van der Waals surface area contributed by atoms with Gasteiger partial charge >= 0.3 is 0 Å². The van der Waals surface area contributed by atoms with Gasteiger partial charge in [0.1, 0.15) is 0 Å². The van der Waals surface area contributed by atoms with Crippen molar-refractivity contribution in [3.63, 3.8) is 0 Å². The number of hydrogen-bond acceptors (Lipinski definition) is 0. The van der Waals surface area contributed by atoms with E-state index in [1.165, 1.54) is 32.1 Å². The smallest absolute Gasteiger partial charge is 0.0266 e. The Labute approximate surface area is 157 Å². The number of hydrogen-bond donors (Lipinski definition) is 0. The van der Waals surface area contributed by atoms with Crippen molar-refractivity contribution in [2.75, 3.05) is 0 Å². The Morgan fingerprint density at radius 1 is 0.800 bits per heavy atom. The average molecular weight is 345 g/mol. The molecule has 0 radical (unpaired) electrons. The Morgan fingerprint density at radius 2 is 1.56 bits per heavy atom. The van der Waals surface area contributed by atoms with E-state index in [-0.39, 0.29) is 0 Å². The van der Waals surface area contributed by atoms with Crippen LogP contribution in [0.15, 0.2) is 0 Å². The fraction of sp³-hybridized carbons (Fsp3) is 1.00. The lowest BCUT2D eigenvalue weighted by Gasteiger charge is -2.60. The van der Waals surface area contributed by atoms with E-state index in [2.05, 4.69) is 34.6 Å². The van der Waals surface area contributed by atoms with Gasteiger partial charge in [-0.2, -0.15) is 0 Å². The summed E-state index contributed by atoms with van der Waals surface area (Å²) >= 11 is 0. The van der Waals surface area contributed by atoms with Crippen LogP contribution >= 0.6 is 0 Å². The largest absolute Gasteiger partial charge is 0.0649 e. The first-order valence-electron chi connectivity index (χ1n) is 11.8. The molecule has 0 amide bonds. The van der Waals surface area contributed by atoms with E-state index < -0.39 is 0 Å². The molecule has 0 heterocycles. The summed E-state index contributed by atoms with van der Waals surface area (Å²) in [6.07, 6.45) is 18.3. The van der Waals surface area contributed by atoms with Gasteiger partial charge in [-0.05, 0) is 104 Å². The second-order valence-corrected chi connectivity index (χ2v) is 11.9. The van der Waals surface area contributed by atoms with Crippen molar-refractivity contribution in [3.8, 4) is 0 Å². The minimum Gasteiger partial charge on any atom is -0.0649 e. The number of fused-ring (bicyclic) bond motifs is 5. The van der Waals surface area contributed by atoms with Crippen molar-refractivity contribution in [1.29, 1.82) is 0 Å². The van der Waals surface area contributed by atoms with Crippen molar-refractivity contribution in [2.24, 2.45) is 45.8 Å². The molecule has 0 N–H and O–H groups in total. The molecule has 0 bridgehead atoms. The highest BCUT2D eigenvalue weighted by molar-refractivity contribution is 5.09. The molecule has 0 aromatic heterocycles. The Bertz CT molecular complexity index is 490. The van der Waals surface area contributed by atoms with Crippen LogP contribution < -0.4 is 0 Å². The highest BCUT2D eigenvalue weighted by Crippen LogP contribution is 2.68. The zero-order valence-corrected chi connectivity index (χ0v) is 17.9. The molecule has 0 nitrogen and oxygen atoms in total. The third-order valence-corrected chi connectivity index (χ3v) is 10.5. The summed E-state index contributed by atoms with van der Waals surface area (Å²) in [5, 5.41) is 0. The second-order valence-electron chi connectivity index (χ2n) is 11.9. The molecule has 4 saturated carbocycles. The lowest BCUT2D eigenvalue weighted by molar-refractivity contribution is -0.113. The van der Waals surface area contributed by atoms with Gasteiger partial charge in [0, 0.05) is 0 Å². The van der Waals surface area contributed by atoms with Crippen LogP contribution in [0.5, 0.6) is 0 Å². The summed E-state index contributed by atoms with van der Waals surface area (Å²) in [6.45, 7) is 12.9. The van der Waals surface area contributed by atoms with E-state index in [4.69, 9.17) is 0 Å². The van der Waals surface area contributed by atoms with Gasteiger partial charge < -0.3 is 0 Å². The van der Waals surface area contributed by atoms with Gasteiger partial charge in [-0.15, -0.1) is 0 Å². The minimum atomic E-state index is 0.548. The van der Waals surface area contributed by atoms with Crippen molar-refractivity contribution in [3.05, 3.63) is 0 Å². The van der Waals surface area contributed by atoms with Crippen LogP contribution in [-0.2, 0) is 0 Å². The Hall–Kier alpha value is 0. The molecule has 0 aromatic carbocycles. The van der Waals surface area contributed by atoms with Crippen LogP contribution in [0, 0.1) is 45.8 Å². The number of rotatable bonds is 3. The highest BCUT2D eigenvalue weighted by Gasteiger charge is 2.59. The van der Waals surface area contributed by atoms with Gasteiger partial charge in [-0.1, -0.05) is 53.9 Å². The van der Waals surface area contributed by atoms with E-state index in [0.29, 0.717) is 16.2 Å². The summed E-state index contributed by atoms with van der Waals surface area (Å²) in [5.74, 6) is 5.28. The molecule has 0 spiro atoms. The molecule has 0 aromatic rings. The maximum Gasteiger partial charge on any atom is -0.0266 e. The molecule has 144 valence electrons. The second kappa shape index (κ2) is 6.27. The Morgan fingerprint density at radius 3 is 2.32 bits per heavy atom. The molecular formula is C25H44. The molecular weight excluding hydrogens is 300 g/mol. The van der Waals surface area contributed by atoms with Gasteiger partial charge in [0.05, 0.1) is 0 Å². The summed E-state index contributed by atoms with van der Waals surface area (Å²) in [7, 11) is 0. The quantitative estimate of drug-likeness (QED) is 0.488. The van der Waals surface area contributed by atoms with E-state index in [1.807, 2.05) is 0 Å². The van der Waals surface area contributed by atoms with Crippen molar-refractivity contribution in [2.45, 2.75) is 112 Å². The Kier molecular flexibility index (Phi) is 4.61. The molecule has 25 heavy (non-hydrogen) atoms. The van der Waals surface area contributed by atoms with Gasteiger partial charge in [0.15, 0.2) is 0 Å². The Balaban J connectivity index is 1.55. The van der Waals surface area contributed by atoms with Gasteiger partial charge in [0.25, 0.3) is 0 Å². The molecule has 4 aliphatic rings. The third-order valence-electron chi connectivity index (χ3n) is 10.5. The molecule has 4 aliphatic carbocycles. The fourth-order valence-corrected chi connectivity index (χ4v) is 8.55. The first-order valence-corrected chi connectivity index (χ1v) is 11.8. The predicted molar refractivity (Wildman–Crippen MR) is 109 cm³/mol. The molecule has 4 rings (SSSR count). The summed E-state index contributed by atoms with van der Waals surface area (Å²) in [4.78, 5) is 0. The van der Waals surface area contributed by atoms with Crippen molar-refractivity contribution >= 4 is 0 Å². The fourth-order valence-electron chi connectivity index (χ4n) is 8.55. The third kappa shape index (κ3) is 2.84. The van der Waals surface area contributed by atoms with Crippen LogP contribution in [0.3, 0.4) is 0 Å². The van der Waals surface area contributed by atoms with Crippen molar-refractivity contribution < 1.29 is 0 Å². The molecule has 0 aliphatic heterocycles. The zero-order chi connectivity index (χ0) is 17.9. The highest BCUT2D eigenvalue weighted by atomic mass is 14.6. The molecule has 7 unspecified atom stereocenters. The first-order chi connectivity index (χ1) is 11.8. The predicted octanol–water partition coefficient (Wildman–Crippen LogP) is 7.86. The van der Waals surface area contributed by atoms with Gasteiger partial charge in [-0.3, -0.25) is 0 Å². The lowest BCUT2D eigenvalue weighted by Crippen LogP contribution is -2.52. The molecule has 0 heteroatoms. The summed E-state index contributed by atoms with van der Waals surface area (Å²) < 4.78 is 0. The first kappa shape index (κ1) is 18.4. The summed E-state index contributed by atoms with van der Waals surface area (Å²) in [6, 6.07) is 0. The zero-order valence-electron chi connectivity index (χ0n) is 17.9. The normalized spacial score (nSPS) is 50.0. The SMILES string of the molecule is CCC(C)(C)CC1CCC2C3CCC4CCCCC4(C)C3CCC12C. The lowest BCUT2D eigenvalue weighted by atomic mass is 9.44. The van der Waals surface area contributed by atoms with Gasteiger partial charge in [0.2, 0.25) is 0 Å². The maximum absolute atomic E-state index is 2.73. The van der Waals surface area contributed by atoms with E-state index in [0.717, 1.165) is 29.6 Å². The van der Waals surface area contributed by atoms with Crippen LogP contribution in [0.25, 0.3) is 0 Å². The van der Waals surface area contributed by atoms with E-state index in [9.17, 15) is 0 Å². The standard InChI is InChI=1S/C25H44/c1-6-23(2,3)17-19-11-13-21-20-12-10-18-9-7-8-15-24(18,4)22(20)14-16-25(19,21)5/h18-22H,6-17H2,1-5H3. The summed E-state index contributed by atoms with van der Waals surface area (Å²) in [5.41, 5.74) is 1.93. The van der Waals surface area contributed by atoms with Crippen LogP contribution in [0.4, 0.5) is 0 Å². The molecule has 7 atom stereocenters. The maximum atomic E-state index is 2.73. The topological polar surface area (TPSA) is 0 Å². The van der Waals surface area contributed by atoms with Crippen LogP contribution in [0.1, 0.15) is 112 Å². The van der Waals surface area contributed by atoms with Gasteiger partial charge in [-0.25, -0.2) is 0 Å². The van der Waals surface area contributed by atoms with E-state index >= 15 is 0 Å². The van der Waals surface area contributed by atoms with Crippen molar-refractivity contribution in [1.82, 2.24) is 0 Å². The average Bonchev–Trinajstić information content (AvgIpc) is 2.90. The van der Waals surface area contributed by atoms with Crippen LogP contribution in [0.2, 0.25) is 0 Å². The molecule has 4 fully saturated rings. The molecule has 0 saturated heterocycles. The monoisotopic (exact) mass is 344 g/mol. The van der Waals surface area contributed by atoms with Crippen LogP contribution in [-0.4, -0.2) is 0 Å². The van der Waals surface area contributed by atoms with E-state index in [1.54, 1.807) is 44.9 Å².